The van der Waals surface area contributed by atoms with Crippen molar-refractivity contribution < 1.29 is 19.1 Å². The van der Waals surface area contributed by atoms with E-state index in [9.17, 15) is 9.59 Å². The van der Waals surface area contributed by atoms with Gasteiger partial charge in [-0.1, -0.05) is 37.4 Å². The molecule has 0 aliphatic heterocycles. The van der Waals surface area contributed by atoms with Gasteiger partial charge in [0.15, 0.2) is 0 Å². The highest BCUT2D eigenvalue weighted by atomic mass is 16.5. The van der Waals surface area contributed by atoms with Crippen LogP contribution in [-0.2, 0) is 32.3 Å². The summed E-state index contributed by atoms with van der Waals surface area (Å²) < 4.78 is 9.75. The van der Waals surface area contributed by atoms with Crippen LogP contribution in [0.4, 0.5) is 0 Å². The molecule has 0 spiro atoms. The second kappa shape index (κ2) is 7.06. The Morgan fingerprint density at radius 3 is 1.50 bits per heavy atom. The van der Waals surface area contributed by atoms with Gasteiger partial charge in [-0.05, 0) is 11.1 Å². The fourth-order valence-electron chi connectivity index (χ4n) is 1.16. The van der Waals surface area contributed by atoms with Crippen molar-refractivity contribution in [3.8, 4) is 0 Å². The zero-order valence-electron chi connectivity index (χ0n) is 9.93. The number of carbonyl (C=O) groups excluding carboxylic acids is 2. The van der Waals surface area contributed by atoms with Crippen LogP contribution in [0.25, 0.3) is 0 Å². The van der Waals surface area contributed by atoms with Crippen molar-refractivity contribution in [3.63, 3.8) is 0 Å². The van der Waals surface area contributed by atoms with Crippen LogP contribution in [0, 0.1) is 0 Å². The van der Waals surface area contributed by atoms with E-state index in [1.165, 1.54) is 0 Å². The fraction of sp³-hybridized carbons (Fsp3) is 0.143. The van der Waals surface area contributed by atoms with Gasteiger partial charge in [0.25, 0.3) is 0 Å². The van der Waals surface area contributed by atoms with Crippen LogP contribution in [0.15, 0.2) is 49.6 Å². The highest BCUT2D eigenvalue weighted by Gasteiger charge is 2.00. The molecule has 0 bridgehead atoms. The Hall–Kier alpha value is -2.36. The van der Waals surface area contributed by atoms with Gasteiger partial charge in [-0.25, -0.2) is 9.59 Å². The summed E-state index contributed by atoms with van der Waals surface area (Å²) >= 11 is 0. The van der Waals surface area contributed by atoms with Crippen LogP contribution in [0.1, 0.15) is 11.1 Å². The van der Waals surface area contributed by atoms with Crippen molar-refractivity contribution in [1.82, 2.24) is 0 Å². The average Bonchev–Trinajstić information content (AvgIpc) is 2.43. The molecule has 18 heavy (non-hydrogen) atoms. The zero-order chi connectivity index (χ0) is 13.4. The zero-order valence-corrected chi connectivity index (χ0v) is 9.93. The third-order valence-corrected chi connectivity index (χ3v) is 2.12. The van der Waals surface area contributed by atoms with Crippen LogP contribution in [0.5, 0.6) is 0 Å². The number of hydrogen-bond acceptors (Lipinski definition) is 4. The minimum Gasteiger partial charge on any atom is -0.458 e. The standard InChI is InChI=1S/C14H14O4/c1-3-13(15)17-9-11-5-7-12(8-6-11)10-18-14(16)4-2/h3-8H,1-2,9-10H2. The molecule has 94 valence electrons. The number of ether oxygens (including phenoxy) is 2. The van der Waals surface area contributed by atoms with E-state index in [4.69, 9.17) is 9.47 Å². The number of hydrogen-bond donors (Lipinski definition) is 0. The monoisotopic (exact) mass is 246 g/mol. The number of benzene rings is 1. The van der Waals surface area contributed by atoms with Crippen LogP contribution in [-0.4, -0.2) is 11.9 Å². The summed E-state index contributed by atoms with van der Waals surface area (Å²) in [5, 5.41) is 0. The Bertz CT molecular complexity index is 402. The first-order valence-corrected chi connectivity index (χ1v) is 5.32. The fourth-order valence-corrected chi connectivity index (χ4v) is 1.16. The Kier molecular flexibility index (Phi) is 5.38. The minimum atomic E-state index is -0.459. The lowest BCUT2D eigenvalue weighted by Crippen LogP contribution is -2.02. The van der Waals surface area contributed by atoms with Gasteiger partial charge in [-0.15, -0.1) is 0 Å². The van der Waals surface area contributed by atoms with E-state index in [1.807, 2.05) is 0 Å². The molecule has 0 amide bonds. The quantitative estimate of drug-likeness (QED) is 0.570. The molecular weight excluding hydrogens is 232 g/mol. The Labute approximate surface area is 106 Å². The maximum absolute atomic E-state index is 10.9. The molecule has 0 aromatic heterocycles. The van der Waals surface area contributed by atoms with Gasteiger partial charge in [0.05, 0.1) is 0 Å². The molecule has 0 N–H and O–H groups in total. The predicted molar refractivity (Wildman–Crippen MR) is 66.4 cm³/mol. The van der Waals surface area contributed by atoms with Crippen molar-refractivity contribution >= 4 is 11.9 Å². The third-order valence-electron chi connectivity index (χ3n) is 2.12. The molecular formula is C14H14O4. The van der Waals surface area contributed by atoms with Gasteiger partial charge in [0.1, 0.15) is 13.2 Å². The second-order valence-corrected chi connectivity index (χ2v) is 3.44. The lowest BCUT2D eigenvalue weighted by atomic mass is 10.1. The van der Waals surface area contributed by atoms with E-state index < -0.39 is 11.9 Å². The second-order valence-electron chi connectivity index (χ2n) is 3.44. The highest BCUT2D eigenvalue weighted by molar-refractivity contribution is 5.81. The number of carbonyl (C=O) groups is 2. The van der Waals surface area contributed by atoms with E-state index in [1.54, 1.807) is 24.3 Å². The molecule has 0 aliphatic carbocycles. The Morgan fingerprint density at radius 2 is 1.22 bits per heavy atom. The SMILES string of the molecule is C=CC(=O)OCc1ccc(COC(=O)C=C)cc1. The molecule has 0 saturated heterocycles. The van der Waals surface area contributed by atoms with Crippen molar-refractivity contribution in [2.75, 3.05) is 0 Å². The molecule has 1 rings (SSSR count). The van der Waals surface area contributed by atoms with E-state index >= 15 is 0 Å². The van der Waals surface area contributed by atoms with Gasteiger partial charge in [-0.3, -0.25) is 0 Å². The number of rotatable bonds is 6. The summed E-state index contributed by atoms with van der Waals surface area (Å²) in [7, 11) is 0. The maximum atomic E-state index is 10.9. The van der Waals surface area contributed by atoms with E-state index in [-0.39, 0.29) is 13.2 Å². The molecule has 0 unspecified atom stereocenters. The van der Waals surface area contributed by atoms with Crippen LogP contribution in [0.2, 0.25) is 0 Å². The molecule has 1 aromatic carbocycles. The molecule has 0 aliphatic rings. The smallest absolute Gasteiger partial charge is 0.330 e. The highest BCUT2D eigenvalue weighted by Crippen LogP contribution is 2.07. The van der Waals surface area contributed by atoms with Crippen LogP contribution >= 0.6 is 0 Å². The Balaban J connectivity index is 2.47. The first-order chi connectivity index (χ1) is 8.65. The van der Waals surface area contributed by atoms with Crippen molar-refractivity contribution in [2.45, 2.75) is 13.2 Å². The molecule has 1 aromatic rings. The van der Waals surface area contributed by atoms with Gasteiger partial charge in [0.2, 0.25) is 0 Å². The first kappa shape index (κ1) is 13.7. The molecule has 0 saturated carbocycles. The van der Waals surface area contributed by atoms with Gasteiger partial charge < -0.3 is 9.47 Å². The lowest BCUT2D eigenvalue weighted by Gasteiger charge is -2.05. The summed E-state index contributed by atoms with van der Waals surface area (Å²) in [6.45, 7) is 6.99. The number of esters is 2. The predicted octanol–water partition coefficient (Wildman–Crippen LogP) is 2.14. The maximum Gasteiger partial charge on any atom is 0.330 e. The van der Waals surface area contributed by atoms with Crippen molar-refractivity contribution in [3.05, 3.63) is 60.7 Å². The third kappa shape index (κ3) is 4.65. The molecule has 4 heteroatoms. The van der Waals surface area contributed by atoms with Gasteiger partial charge >= 0.3 is 11.9 Å². The van der Waals surface area contributed by atoms with Gasteiger partial charge in [0, 0.05) is 12.2 Å². The molecule has 0 atom stereocenters. The molecule has 0 heterocycles. The topological polar surface area (TPSA) is 52.6 Å². The van der Waals surface area contributed by atoms with Crippen LogP contribution in [0.3, 0.4) is 0 Å². The largest absolute Gasteiger partial charge is 0.458 e. The van der Waals surface area contributed by atoms with E-state index in [0.717, 1.165) is 23.3 Å². The molecule has 4 nitrogen and oxygen atoms in total. The normalized spacial score (nSPS) is 9.33. The average molecular weight is 246 g/mol. The summed E-state index contributed by atoms with van der Waals surface area (Å²) in [5.41, 5.74) is 1.70. The van der Waals surface area contributed by atoms with E-state index in [0.29, 0.717) is 0 Å². The van der Waals surface area contributed by atoms with Crippen molar-refractivity contribution in [1.29, 1.82) is 0 Å². The summed E-state index contributed by atoms with van der Waals surface area (Å²) in [4.78, 5) is 21.7. The minimum absolute atomic E-state index is 0.192. The van der Waals surface area contributed by atoms with Gasteiger partial charge in [-0.2, -0.15) is 0 Å². The van der Waals surface area contributed by atoms with Crippen LogP contribution < -0.4 is 0 Å². The molecule has 0 fully saturated rings. The first-order valence-electron chi connectivity index (χ1n) is 5.32. The van der Waals surface area contributed by atoms with E-state index in [2.05, 4.69) is 13.2 Å². The summed E-state index contributed by atoms with van der Waals surface area (Å²) in [6.07, 6.45) is 2.23. The lowest BCUT2D eigenvalue weighted by molar-refractivity contribution is -0.139. The summed E-state index contributed by atoms with van der Waals surface area (Å²) in [5.74, 6) is -0.919. The summed E-state index contributed by atoms with van der Waals surface area (Å²) in [6, 6.07) is 7.20. The molecule has 0 radical (unpaired) electrons. The van der Waals surface area contributed by atoms with Crippen molar-refractivity contribution in [2.24, 2.45) is 0 Å². The Morgan fingerprint density at radius 1 is 0.889 bits per heavy atom.